The summed E-state index contributed by atoms with van der Waals surface area (Å²) < 4.78 is 5.15. The van der Waals surface area contributed by atoms with Crippen molar-refractivity contribution in [3.63, 3.8) is 0 Å². The topological polar surface area (TPSA) is 49.9 Å². The second kappa shape index (κ2) is 7.56. The highest BCUT2D eigenvalue weighted by Crippen LogP contribution is 2.25. The molecule has 3 rings (SSSR count). The summed E-state index contributed by atoms with van der Waals surface area (Å²) >= 11 is 0. The summed E-state index contributed by atoms with van der Waals surface area (Å²) in [4.78, 5) is 29.3. The van der Waals surface area contributed by atoms with Gasteiger partial charge in [0.05, 0.1) is 12.5 Å². The van der Waals surface area contributed by atoms with Gasteiger partial charge in [0.2, 0.25) is 5.91 Å². The van der Waals surface area contributed by atoms with Crippen molar-refractivity contribution in [3.8, 4) is 0 Å². The van der Waals surface area contributed by atoms with Crippen molar-refractivity contribution in [2.24, 2.45) is 11.8 Å². The Balaban J connectivity index is 1.61. The Labute approximate surface area is 149 Å². The first kappa shape index (κ1) is 17.9. The van der Waals surface area contributed by atoms with Gasteiger partial charge in [-0.25, -0.2) is 0 Å². The Morgan fingerprint density at radius 1 is 1.08 bits per heavy atom. The number of nitrogens with zero attached hydrogens (tertiary/aromatic N) is 2. The highest BCUT2D eigenvalue weighted by atomic mass is 16.5. The van der Waals surface area contributed by atoms with Gasteiger partial charge in [-0.05, 0) is 38.8 Å². The number of rotatable bonds is 4. The normalized spacial score (nSPS) is 21.2. The molecule has 2 aliphatic rings. The van der Waals surface area contributed by atoms with Gasteiger partial charge >= 0.3 is 0 Å². The third-order valence-electron chi connectivity index (χ3n) is 5.20. The second-order valence-corrected chi connectivity index (χ2v) is 7.53. The molecule has 1 unspecified atom stereocenters. The van der Waals surface area contributed by atoms with E-state index in [9.17, 15) is 9.59 Å². The molecule has 5 nitrogen and oxygen atoms in total. The van der Waals surface area contributed by atoms with Crippen molar-refractivity contribution in [1.29, 1.82) is 0 Å². The third-order valence-corrected chi connectivity index (χ3v) is 5.20. The predicted molar refractivity (Wildman–Crippen MR) is 96.5 cm³/mol. The number of likely N-dealkylation sites (tertiary alicyclic amines) is 2. The number of benzene rings is 1. The van der Waals surface area contributed by atoms with Gasteiger partial charge in [-0.2, -0.15) is 0 Å². The number of methoxy groups -OCH3 is 1. The molecule has 0 bridgehead atoms. The molecule has 0 spiro atoms. The summed E-state index contributed by atoms with van der Waals surface area (Å²) in [7, 11) is 1.70. The number of amides is 2. The van der Waals surface area contributed by atoms with Crippen LogP contribution in [0.5, 0.6) is 0 Å². The van der Waals surface area contributed by atoms with Crippen LogP contribution in [-0.4, -0.2) is 61.5 Å². The average molecular weight is 344 g/mol. The zero-order chi connectivity index (χ0) is 18.0. The van der Waals surface area contributed by atoms with Gasteiger partial charge in [-0.3, -0.25) is 9.59 Å². The van der Waals surface area contributed by atoms with Crippen LogP contribution in [0.3, 0.4) is 0 Å². The Morgan fingerprint density at radius 2 is 1.76 bits per heavy atom. The van der Waals surface area contributed by atoms with Crippen LogP contribution in [-0.2, 0) is 9.53 Å². The van der Waals surface area contributed by atoms with Crippen molar-refractivity contribution in [1.82, 2.24) is 9.80 Å². The van der Waals surface area contributed by atoms with Crippen LogP contribution >= 0.6 is 0 Å². The van der Waals surface area contributed by atoms with Crippen LogP contribution in [0.1, 0.15) is 34.3 Å². The maximum Gasteiger partial charge on any atom is 0.253 e. The molecule has 25 heavy (non-hydrogen) atoms. The maximum atomic E-state index is 12.8. The molecule has 5 heteroatoms. The molecule has 2 saturated heterocycles. The van der Waals surface area contributed by atoms with Gasteiger partial charge in [0.1, 0.15) is 0 Å². The number of hydrogen-bond acceptors (Lipinski definition) is 3. The maximum absolute atomic E-state index is 12.8. The van der Waals surface area contributed by atoms with E-state index < -0.39 is 0 Å². The summed E-state index contributed by atoms with van der Waals surface area (Å²) in [5.41, 5.74) is 2.92. The molecule has 2 aliphatic heterocycles. The first-order valence-corrected chi connectivity index (χ1v) is 9.13. The molecule has 1 aromatic carbocycles. The van der Waals surface area contributed by atoms with Crippen LogP contribution in [0.15, 0.2) is 18.2 Å². The fraction of sp³-hybridized carbons (Fsp3) is 0.600. The first-order chi connectivity index (χ1) is 12.0. The van der Waals surface area contributed by atoms with Gasteiger partial charge in [-0.15, -0.1) is 0 Å². The monoisotopic (exact) mass is 344 g/mol. The number of hydrogen-bond donors (Lipinski definition) is 0. The lowest BCUT2D eigenvalue weighted by Crippen LogP contribution is -2.55. The quantitative estimate of drug-likeness (QED) is 0.842. The summed E-state index contributed by atoms with van der Waals surface area (Å²) in [6.45, 7) is 7.57. The Morgan fingerprint density at radius 3 is 2.40 bits per heavy atom. The lowest BCUT2D eigenvalue weighted by atomic mass is 9.92. The Hall–Kier alpha value is -1.88. The summed E-state index contributed by atoms with van der Waals surface area (Å²) in [5, 5.41) is 0. The molecule has 0 radical (unpaired) electrons. The van der Waals surface area contributed by atoms with Crippen LogP contribution in [0.4, 0.5) is 0 Å². The lowest BCUT2D eigenvalue weighted by molar-refractivity contribution is -0.144. The minimum atomic E-state index is -0.0629. The van der Waals surface area contributed by atoms with Crippen LogP contribution < -0.4 is 0 Å². The number of ether oxygens (including phenoxy) is 1. The molecular formula is C20H28N2O3. The first-order valence-electron chi connectivity index (χ1n) is 9.13. The molecule has 0 aliphatic carbocycles. The zero-order valence-corrected chi connectivity index (χ0v) is 15.5. The Bertz CT molecular complexity index is 632. The van der Waals surface area contributed by atoms with Crippen molar-refractivity contribution >= 4 is 11.8 Å². The van der Waals surface area contributed by atoms with Crippen LogP contribution in [0.25, 0.3) is 0 Å². The van der Waals surface area contributed by atoms with E-state index >= 15 is 0 Å². The molecule has 136 valence electrons. The fourth-order valence-electron chi connectivity index (χ4n) is 3.99. The van der Waals surface area contributed by atoms with E-state index in [1.54, 1.807) is 7.11 Å². The lowest BCUT2D eigenvalue weighted by Gasteiger charge is -2.42. The molecule has 2 amide bonds. The second-order valence-electron chi connectivity index (χ2n) is 7.53. The van der Waals surface area contributed by atoms with E-state index in [1.165, 1.54) is 0 Å². The van der Waals surface area contributed by atoms with Gasteiger partial charge in [0, 0.05) is 44.8 Å². The molecule has 0 saturated carbocycles. The minimum absolute atomic E-state index is 0.0465. The van der Waals surface area contributed by atoms with E-state index in [0.717, 1.165) is 49.2 Å². The zero-order valence-electron chi connectivity index (χ0n) is 15.5. The van der Waals surface area contributed by atoms with Crippen LogP contribution in [0, 0.1) is 25.7 Å². The van der Waals surface area contributed by atoms with Crippen molar-refractivity contribution in [2.75, 3.05) is 39.9 Å². The molecule has 2 heterocycles. The largest absolute Gasteiger partial charge is 0.384 e. The summed E-state index contributed by atoms with van der Waals surface area (Å²) in [6.07, 6.45) is 1.77. The highest BCUT2D eigenvalue weighted by molar-refractivity contribution is 5.95. The van der Waals surface area contributed by atoms with E-state index in [-0.39, 0.29) is 17.7 Å². The molecule has 2 fully saturated rings. The average Bonchev–Trinajstić information content (AvgIpc) is 2.55. The highest BCUT2D eigenvalue weighted by Gasteiger charge is 2.37. The molecule has 0 aromatic heterocycles. The number of carbonyl (C=O) groups is 2. The standard InChI is InChI=1S/C20H28N2O3/c1-14-7-15(2)9-18(8-14)20(24)21-6-4-5-17(12-21)19(23)22-10-16(11-22)13-25-3/h7-9,16-17H,4-6,10-13H2,1-3H3. The molecule has 0 N–H and O–H groups in total. The van der Waals surface area contributed by atoms with Gasteiger partial charge in [0.15, 0.2) is 0 Å². The van der Waals surface area contributed by atoms with E-state index in [4.69, 9.17) is 4.74 Å². The smallest absolute Gasteiger partial charge is 0.253 e. The van der Waals surface area contributed by atoms with Crippen molar-refractivity contribution in [2.45, 2.75) is 26.7 Å². The summed E-state index contributed by atoms with van der Waals surface area (Å²) in [5.74, 6) is 0.646. The van der Waals surface area contributed by atoms with E-state index in [1.807, 2.05) is 35.8 Å². The third kappa shape index (κ3) is 4.03. The Kier molecular flexibility index (Phi) is 5.42. The number of aryl methyl sites for hydroxylation is 2. The molecule has 1 aromatic rings. The molecular weight excluding hydrogens is 316 g/mol. The molecule has 1 atom stereocenters. The van der Waals surface area contributed by atoms with Crippen molar-refractivity contribution in [3.05, 3.63) is 34.9 Å². The van der Waals surface area contributed by atoms with E-state index in [0.29, 0.717) is 19.1 Å². The van der Waals surface area contributed by atoms with Crippen LogP contribution in [0.2, 0.25) is 0 Å². The van der Waals surface area contributed by atoms with Gasteiger partial charge in [0.25, 0.3) is 5.91 Å². The number of carbonyl (C=O) groups excluding carboxylic acids is 2. The number of piperidine rings is 1. The fourth-order valence-corrected chi connectivity index (χ4v) is 3.99. The SMILES string of the molecule is COCC1CN(C(=O)C2CCCN(C(=O)c3cc(C)cc(C)c3)C2)C1. The van der Waals surface area contributed by atoms with Crippen molar-refractivity contribution < 1.29 is 14.3 Å². The minimum Gasteiger partial charge on any atom is -0.384 e. The van der Waals surface area contributed by atoms with Gasteiger partial charge < -0.3 is 14.5 Å². The predicted octanol–water partition coefficient (Wildman–Crippen LogP) is 2.26. The summed E-state index contributed by atoms with van der Waals surface area (Å²) in [6, 6.07) is 5.94. The van der Waals surface area contributed by atoms with E-state index in [2.05, 4.69) is 6.07 Å². The van der Waals surface area contributed by atoms with Gasteiger partial charge in [-0.1, -0.05) is 17.2 Å².